The fourth-order valence-electron chi connectivity index (χ4n) is 0. The quantitative estimate of drug-likeness (QED) is 0.408. The standard InChI is InChI=1S/4H2O.Ru.Sn/h4*1H2;;. The normalized spacial score (nSPS) is 0. The summed E-state index contributed by atoms with van der Waals surface area (Å²) in [6.07, 6.45) is 0. The Balaban J connectivity index is 0. The SMILES string of the molecule is O.O.O.O.[Ru].[Sn]. The van der Waals surface area contributed by atoms with Gasteiger partial charge in [0.25, 0.3) is 0 Å². The molecule has 4 radical (unpaired) electrons. The van der Waals surface area contributed by atoms with Gasteiger partial charge in [-0.05, 0) is 0 Å². The minimum atomic E-state index is 0. The molecule has 0 aromatic heterocycles. The number of hydrogen-bond acceptors (Lipinski definition) is 0. The largest absolute Gasteiger partial charge is 0.412 e. The van der Waals surface area contributed by atoms with E-state index in [-0.39, 0.29) is 65.3 Å². The Hall–Kier alpha value is 1.26. The molecule has 6 heavy (non-hydrogen) atoms. The third-order valence-corrected chi connectivity index (χ3v) is 0. The van der Waals surface area contributed by atoms with E-state index in [9.17, 15) is 0 Å². The van der Waals surface area contributed by atoms with Crippen LogP contribution < -0.4 is 0 Å². The average Bonchev–Trinajstić information content (AvgIpc) is 0. The molecule has 0 atom stereocenters. The van der Waals surface area contributed by atoms with Crippen molar-refractivity contribution in [1.29, 1.82) is 0 Å². The zero-order valence-electron chi connectivity index (χ0n) is 2.85. The molecule has 4 nitrogen and oxygen atoms in total. The zero-order chi connectivity index (χ0) is 0. The van der Waals surface area contributed by atoms with Gasteiger partial charge >= 0.3 is 0 Å². The van der Waals surface area contributed by atoms with Gasteiger partial charge in [-0.3, -0.25) is 0 Å². The van der Waals surface area contributed by atoms with Crippen LogP contribution in [0.15, 0.2) is 0 Å². The number of rotatable bonds is 0. The molecule has 0 aromatic carbocycles. The predicted molar refractivity (Wildman–Crippen MR) is 20.2 cm³/mol. The molecule has 8 N–H and O–H groups in total. The van der Waals surface area contributed by atoms with Crippen molar-refractivity contribution in [3.63, 3.8) is 0 Å². The molecule has 6 heteroatoms. The molecule has 0 fully saturated rings. The van der Waals surface area contributed by atoms with Crippen molar-refractivity contribution in [1.82, 2.24) is 0 Å². The van der Waals surface area contributed by atoms with Crippen molar-refractivity contribution in [3.8, 4) is 0 Å². The van der Waals surface area contributed by atoms with Gasteiger partial charge in [-0.2, -0.15) is 0 Å². The third kappa shape index (κ3) is 60.0. The minimum absolute atomic E-state index is 0. The smallest absolute Gasteiger partial charge is 0 e. The molecular formula is H8O4RuSn. The van der Waals surface area contributed by atoms with Gasteiger partial charge in [-0.25, -0.2) is 0 Å². The van der Waals surface area contributed by atoms with Crippen LogP contribution in [0, 0.1) is 0 Å². The van der Waals surface area contributed by atoms with E-state index in [4.69, 9.17) is 0 Å². The van der Waals surface area contributed by atoms with Crippen LogP contribution in [-0.2, 0) is 19.5 Å². The van der Waals surface area contributed by atoms with Crippen molar-refractivity contribution in [3.05, 3.63) is 0 Å². The molecule has 0 saturated heterocycles. The van der Waals surface area contributed by atoms with Crippen LogP contribution in [0.25, 0.3) is 0 Å². The minimum Gasteiger partial charge on any atom is -0.412 e. The molecule has 0 aliphatic carbocycles. The van der Waals surface area contributed by atoms with Gasteiger partial charge < -0.3 is 21.9 Å². The van der Waals surface area contributed by atoms with Crippen LogP contribution in [-0.4, -0.2) is 45.8 Å². The van der Waals surface area contributed by atoms with Crippen LogP contribution in [0.5, 0.6) is 0 Å². The van der Waals surface area contributed by atoms with Crippen molar-refractivity contribution in [2.24, 2.45) is 0 Å². The Morgan fingerprint density at radius 1 is 0.500 bits per heavy atom. The first kappa shape index (κ1) is 179. The maximum Gasteiger partial charge on any atom is 0 e. The maximum atomic E-state index is 0. The van der Waals surface area contributed by atoms with E-state index >= 15 is 0 Å². The molecule has 0 rings (SSSR count). The molecule has 0 bridgehead atoms. The van der Waals surface area contributed by atoms with E-state index in [1.807, 2.05) is 0 Å². The summed E-state index contributed by atoms with van der Waals surface area (Å²) in [6.45, 7) is 0. The van der Waals surface area contributed by atoms with Crippen LogP contribution in [0.2, 0.25) is 0 Å². The Morgan fingerprint density at radius 2 is 0.500 bits per heavy atom. The first-order valence-electron chi connectivity index (χ1n) is 0. The molecule has 0 saturated carbocycles. The first-order valence-corrected chi connectivity index (χ1v) is 0. The van der Waals surface area contributed by atoms with Crippen LogP contribution in [0.3, 0.4) is 0 Å². The van der Waals surface area contributed by atoms with E-state index in [0.717, 1.165) is 0 Å². The Kier molecular flexibility index (Phi) is 3240. The van der Waals surface area contributed by atoms with Crippen molar-refractivity contribution in [2.75, 3.05) is 0 Å². The fraction of sp³-hybridized carbons (Fsp3) is 0. The van der Waals surface area contributed by atoms with Crippen LogP contribution >= 0.6 is 0 Å². The van der Waals surface area contributed by atoms with Crippen LogP contribution in [0.1, 0.15) is 0 Å². The topological polar surface area (TPSA) is 126 Å². The molecule has 0 unspecified atom stereocenters. The predicted octanol–water partition coefficient (Wildman–Crippen LogP) is -3.68. The van der Waals surface area contributed by atoms with Gasteiger partial charge in [0.1, 0.15) is 0 Å². The van der Waals surface area contributed by atoms with Gasteiger partial charge in [-0.1, -0.05) is 0 Å². The summed E-state index contributed by atoms with van der Waals surface area (Å²) in [7, 11) is 0. The first-order chi connectivity index (χ1) is 0. The summed E-state index contributed by atoms with van der Waals surface area (Å²) in [6, 6.07) is 0. The summed E-state index contributed by atoms with van der Waals surface area (Å²) < 4.78 is 0. The van der Waals surface area contributed by atoms with E-state index < -0.39 is 0 Å². The Bertz CT molecular complexity index is 7.51. The van der Waals surface area contributed by atoms with Crippen molar-refractivity contribution in [2.45, 2.75) is 0 Å². The third-order valence-electron chi connectivity index (χ3n) is 0. The van der Waals surface area contributed by atoms with Crippen molar-refractivity contribution < 1.29 is 41.4 Å². The number of hydrogen-bond donors (Lipinski definition) is 0. The maximum absolute atomic E-state index is 0. The van der Waals surface area contributed by atoms with Gasteiger partial charge in [0.05, 0.1) is 0 Å². The van der Waals surface area contributed by atoms with E-state index in [1.54, 1.807) is 0 Å². The van der Waals surface area contributed by atoms with Gasteiger partial charge in [0.15, 0.2) is 0 Å². The molecular weight excluding hydrogens is 284 g/mol. The summed E-state index contributed by atoms with van der Waals surface area (Å²) >= 11 is 0. The monoisotopic (exact) mass is 294 g/mol. The Labute approximate surface area is 65.3 Å². The van der Waals surface area contributed by atoms with Gasteiger partial charge in [-0.15, -0.1) is 0 Å². The summed E-state index contributed by atoms with van der Waals surface area (Å²) in [4.78, 5) is 0. The summed E-state index contributed by atoms with van der Waals surface area (Å²) in [5.41, 5.74) is 0. The van der Waals surface area contributed by atoms with Crippen molar-refractivity contribution >= 4 is 23.9 Å². The average molecular weight is 292 g/mol. The van der Waals surface area contributed by atoms with E-state index in [0.29, 0.717) is 0 Å². The van der Waals surface area contributed by atoms with E-state index in [1.165, 1.54) is 0 Å². The molecule has 0 aliphatic rings. The second kappa shape index (κ2) is 109. The molecule has 0 aromatic rings. The molecule has 0 spiro atoms. The summed E-state index contributed by atoms with van der Waals surface area (Å²) in [5, 5.41) is 0. The second-order valence-corrected chi connectivity index (χ2v) is 0. The zero-order valence-corrected chi connectivity index (χ0v) is 7.45. The molecule has 0 heterocycles. The van der Waals surface area contributed by atoms with E-state index in [2.05, 4.69) is 0 Å². The summed E-state index contributed by atoms with van der Waals surface area (Å²) in [5.74, 6) is 0. The van der Waals surface area contributed by atoms with Crippen LogP contribution in [0.4, 0.5) is 0 Å². The fourth-order valence-corrected chi connectivity index (χ4v) is 0. The van der Waals surface area contributed by atoms with Gasteiger partial charge in [0.2, 0.25) is 0 Å². The molecule has 0 aliphatic heterocycles. The molecule has 44 valence electrons. The van der Waals surface area contributed by atoms with Gasteiger partial charge in [0, 0.05) is 43.4 Å². The Morgan fingerprint density at radius 3 is 0.500 bits per heavy atom. The second-order valence-electron chi connectivity index (χ2n) is 0. The molecule has 0 amide bonds.